The molecule has 1 fully saturated rings. The van der Waals surface area contributed by atoms with E-state index in [0.29, 0.717) is 17.9 Å². The third-order valence-electron chi connectivity index (χ3n) is 3.05. The molecule has 17 heavy (non-hydrogen) atoms. The van der Waals surface area contributed by atoms with Crippen LogP contribution in [0.25, 0.3) is 0 Å². The second-order valence-corrected chi connectivity index (χ2v) is 4.28. The molecule has 1 saturated carbocycles. The number of phenolic OH excluding ortho intramolecular Hbond substituents is 1. The van der Waals surface area contributed by atoms with Crippen LogP contribution in [0.1, 0.15) is 19.8 Å². The lowest BCUT2D eigenvalue weighted by atomic mass is 9.89. The molecule has 2 rings (SSSR count). The molecule has 0 radical (unpaired) electrons. The Morgan fingerprint density at radius 1 is 1.41 bits per heavy atom. The first-order valence-corrected chi connectivity index (χ1v) is 5.98. The van der Waals surface area contributed by atoms with Crippen molar-refractivity contribution >= 4 is 5.69 Å². The van der Waals surface area contributed by atoms with E-state index in [-0.39, 0.29) is 5.75 Å². The van der Waals surface area contributed by atoms with Gasteiger partial charge in [0.2, 0.25) is 0 Å². The van der Waals surface area contributed by atoms with Crippen molar-refractivity contribution in [2.75, 3.05) is 19.0 Å². The zero-order chi connectivity index (χ0) is 12.3. The van der Waals surface area contributed by atoms with E-state index in [1.54, 1.807) is 19.2 Å². The fourth-order valence-electron chi connectivity index (χ4n) is 2.07. The van der Waals surface area contributed by atoms with Crippen molar-refractivity contribution in [3.8, 4) is 11.5 Å². The first-order valence-electron chi connectivity index (χ1n) is 5.98. The predicted molar refractivity (Wildman–Crippen MR) is 66.7 cm³/mol. The fourth-order valence-corrected chi connectivity index (χ4v) is 2.07. The standard InChI is InChI=1S/C13H19NO3/c1-3-17-11-6-10(7-11)14-9-4-5-13(16-2)12(15)8-9/h4-5,8,10-11,14-15H,3,6-7H2,1-2H3. The average Bonchev–Trinajstić information content (AvgIpc) is 2.26. The number of anilines is 1. The van der Waals surface area contributed by atoms with Crippen LogP contribution in [0.4, 0.5) is 5.69 Å². The Morgan fingerprint density at radius 2 is 2.18 bits per heavy atom. The molecule has 1 aliphatic rings. The van der Waals surface area contributed by atoms with E-state index in [9.17, 15) is 5.11 Å². The Morgan fingerprint density at radius 3 is 2.76 bits per heavy atom. The zero-order valence-corrected chi connectivity index (χ0v) is 10.3. The van der Waals surface area contributed by atoms with Gasteiger partial charge in [0.1, 0.15) is 0 Å². The Labute approximate surface area is 102 Å². The first-order chi connectivity index (χ1) is 8.22. The zero-order valence-electron chi connectivity index (χ0n) is 10.3. The highest BCUT2D eigenvalue weighted by molar-refractivity contribution is 5.54. The van der Waals surface area contributed by atoms with Gasteiger partial charge in [-0.2, -0.15) is 0 Å². The highest BCUT2D eigenvalue weighted by Gasteiger charge is 2.29. The van der Waals surface area contributed by atoms with Gasteiger partial charge in [0.05, 0.1) is 13.2 Å². The summed E-state index contributed by atoms with van der Waals surface area (Å²) < 4.78 is 10.5. The van der Waals surface area contributed by atoms with Gasteiger partial charge in [-0.25, -0.2) is 0 Å². The molecule has 94 valence electrons. The van der Waals surface area contributed by atoms with Gasteiger partial charge >= 0.3 is 0 Å². The molecule has 2 N–H and O–H groups in total. The lowest BCUT2D eigenvalue weighted by Gasteiger charge is -2.36. The average molecular weight is 237 g/mol. The Hall–Kier alpha value is -1.42. The van der Waals surface area contributed by atoms with Crippen molar-refractivity contribution in [3.05, 3.63) is 18.2 Å². The summed E-state index contributed by atoms with van der Waals surface area (Å²) in [4.78, 5) is 0. The summed E-state index contributed by atoms with van der Waals surface area (Å²) in [5.74, 6) is 0.662. The topological polar surface area (TPSA) is 50.7 Å². The van der Waals surface area contributed by atoms with E-state index in [1.165, 1.54) is 0 Å². The minimum Gasteiger partial charge on any atom is -0.504 e. The first kappa shape index (κ1) is 12.0. The van der Waals surface area contributed by atoms with Crippen LogP contribution in [0.15, 0.2) is 18.2 Å². The van der Waals surface area contributed by atoms with Gasteiger partial charge in [-0.1, -0.05) is 0 Å². The van der Waals surface area contributed by atoms with Gasteiger partial charge in [0.25, 0.3) is 0 Å². The minimum atomic E-state index is 0.165. The molecular weight excluding hydrogens is 218 g/mol. The van der Waals surface area contributed by atoms with E-state index in [1.807, 2.05) is 13.0 Å². The maximum absolute atomic E-state index is 9.64. The Balaban J connectivity index is 1.86. The Bertz CT molecular complexity index is 375. The van der Waals surface area contributed by atoms with Crippen molar-refractivity contribution in [2.45, 2.75) is 31.9 Å². The molecule has 0 aliphatic heterocycles. The van der Waals surface area contributed by atoms with Gasteiger partial charge in [-0.3, -0.25) is 0 Å². The number of nitrogens with one attached hydrogen (secondary N) is 1. The number of methoxy groups -OCH3 is 1. The monoisotopic (exact) mass is 237 g/mol. The number of phenols is 1. The smallest absolute Gasteiger partial charge is 0.160 e. The number of hydrogen-bond donors (Lipinski definition) is 2. The molecule has 4 heteroatoms. The molecule has 0 atom stereocenters. The summed E-state index contributed by atoms with van der Waals surface area (Å²) in [7, 11) is 1.54. The molecule has 4 nitrogen and oxygen atoms in total. The van der Waals surface area contributed by atoms with E-state index < -0.39 is 0 Å². The molecule has 1 aromatic rings. The lowest BCUT2D eigenvalue weighted by Crippen LogP contribution is -2.40. The SMILES string of the molecule is CCOC1CC(Nc2ccc(OC)c(O)c2)C1. The van der Waals surface area contributed by atoms with Crippen LogP contribution in [0, 0.1) is 0 Å². The largest absolute Gasteiger partial charge is 0.504 e. The van der Waals surface area contributed by atoms with Crippen LogP contribution in [0.5, 0.6) is 11.5 Å². The molecule has 0 saturated heterocycles. The number of aromatic hydroxyl groups is 1. The van der Waals surface area contributed by atoms with E-state index >= 15 is 0 Å². The van der Waals surface area contributed by atoms with Crippen LogP contribution in [0.3, 0.4) is 0 Å². The number of rotatable bonds is 5. The van der Waals surface area contributed by atoms with Gasteiger partial charge in [-0.15, -0.1) is 0 Å². The van der Waals surface area contributed by atoms with Crippen LogP contribution >= 0.6 is 0 Å². The number of hydrogen-bond acceptors (Lipinski definition) is 4. The van der Waals surface area contributed by atoms with Gasteiger partial charge in [-0.05, 0) is 31.9 Å². The van der Waals surface area contributed by atoms with Crippen LogP contribution in [-0.4, -0.2) is 31.0 Å². The molecule has 0 bridgehead atoms. The predicted octanol–water partition coefficient (Wildman–Crippen LogP) is 2.38. The van der Waals surface area contributed by atoms with Crippen molar-refractivity contribution in [1.29, 1.82) is 0 Å². The quantitative estimate of drug-likeness (QED) is 0.825. The summed E-state index contributed by atoms with van der Waals surface area (Å²) >= 11 is 0. The third-order valence-corrected chi connectivity index (χ3v) is 3.05. The Kier molecular flexibility index (Phi) is 3.74. The fraction of sp³-hybridized carbons (Fsp3) is 0.538. The maximum atomic E-state index is 9.64. The summed E-state index contributed by atoms with van der Waals surface area (Å²) in [5, 5.41) is 13.0. The highest BCUT2D eigenvalue weighted by atomic mass is 16.5. The number of benzene rings is 1. The molecule has 0 unspecified atom stereocenters. The van der Waals surface area contributed by atoms with Crippen molar-refractivity contribution in [2.24, 2.45) is 0 Å². The van der Waals surface area contributed by atoms with Crippen LogP contribution in [0.2, 0.25) is 0 Å². The molecule has 0 spiro atoms. The highest BCUT2D eigenvalue weighted by Crippen LogP contribution is 2.31. The van der Waals surface area contributed by atoms with Crippen LogP contribution < -0.4 is 10.1 Å². The minimum absolute atomic E-state index is 0.165. The van der Waals surface area contributed by atoms with E-state index in [4.69, 9.17) is 9.47 Å². The van der Waals surface area contributed by atoms with Crippen molar-refractivity contribution in [1.82, 2.24) is 0 Å². The molecule has 1 aromatic carbocycles. The molecular formula is C13H19NO3. The molecule has 0 heterocycles. The van der Waals surface area contributed by atoms with Gasteiger partial charge < -0.3 is 19.9 Å². The van der Waals surface area contributed by atoms with E-state index in [0.717, 1.165) is 25.1 Å². The second-order valence-electron chi connectivity index (χ2n) is 4.28. The molecule has 0 amide bonds. The molecule has 0 aromatic heterocycles. The lowest BCUT2D eigenvalue weighted by molar-refractivity contribution is 0.00299. The maximum Gasteiger partial charge on any atom is 0.160 e. The van der Waals surface area contributed by atoms with E-state index in [2.05, 4.69) is 5.32 Å². The number of ether oxygens (including phenoxy) is 2. The van der Waals surface area contributed by atoms with Gasteiger partial charge in [0.15, 0.2) is 11.5 Å². The summed E-state index contributed by atoms with van der Waals surface area (Å²) in [5.41, 5.74) is 0.920. The van der Waals surface area contributed by atoms with Crippen molar-refractivity contribution in [3.63, 3.8) is 0 Å². The third kappa shape index (κ3) is 2.82. The summed E-state index contributed by atoms with van der Waals surface area (Å²) in [6.07, 6.45) is 2.45. The van der Waals surface area contributed by atoms with Crippen molar-refractivity contribution < 1.29 is 14.6 Å². The summed E-state index contributed by atoms with van der Waals surface area (Å²) in [6.45, 7) is 2.79. The summed E-state index contributed by atoms with van der Waals surface area (Å²) in [6, 6.07) is 5.80. The molecule has 1 aliphatic carbocycles. The second kappa shape index (κ2) is 5.27. The normalized spacial score (nSPS) is 22.9. The van der Waals surface area contributed by atoms with Crippen LogP contribution in [-0.2, 0) is 4.74 Å². The van der Waals surface area contributed by atoms with Gasteiger partial charge in [0, 0.05) is 24.4 Å².